The first-order valence-corrected chi connectivity index (χ1v) is 6.89. The predicted molar refractivity (Wildman–Crippen MR) is 73.5 cm³/mol. The van der Waals surface area contributed by atoms with Gasteiger partial charge in [0.05, 0.1) is 6.54 Å². The molecule has 110 valence electrons. The second-order valence-corrected chi connectivity index (χ2v) is 5.45. The average molecular weight is 279 g/mol. The second kappa shape index (κ2) is 6.09. The number of aryl methyl sites for hydroxylation is 1. The molecule has 2 heterocycles. The number of hydrogen-bond acceptors (Lipinski definition) is 4. The van der Waals surface area contributed by atoms with Crippen LogP contribution < -0.4 is 11.3 Å². The van der Waals surface area contributed by atoms with Crippen LogP contribution in [0.4, 0.5) is 0 Å². The van der Waals surface area contributed by atoms with Crippen molar-refractivity contribution >= 4 is 11.8 Å². The Morgan fingerprint density at radius 2 is 2.30 bits per heavy atom. The van der Waals surface area contributed by atoms with E-state index in [9.17, 15) is 9.59 Å². The second-order valence-electron chi connectivity index (χ2n) is 5.45. The first-order chi connectivity index (χ1) is 9.51. The van der Waals surface area contributed by atoms with Crippen LogP contribution in [0.2, 0.25) is 0 Å². The molecule has 1 aliphatic rings. The maximum Gasteiger partial charge on any atom is 0.301 e. The molecule has 1 aliphatic heterocycles. The van der Waals surface area contributed by atoms with Crippen molar-refractivity contribution in [2.75, 3.05) is 6.54 Å². The standard InChI is InChI=1S/C14H21N3O3/c1-9-3-4-12(18)17(6-5-9)8-11-7-10(2)13(20-11)14(19)16-15/h7,9H,3-6,8,15H2,1-2H3,(H,16,19). The van der Waals surface area contributed by atoms with Gasteiger partial charge < -0.3 is 9.32 Å². The van der Waals surface area contributed by atoms with Crippen LogP contribution in [0.15, 0.2) is 10.5 Å². The van der Waals surface area contributed by atoms with Gasteiger partial charge in [-0.3, -0.25) is 15.0 Å². The average Bonchev–Trinajstić information content (AvgIpc) is 2.72. The number of nitrogens with zero attached hydrogens (tertiary/aromatic N) is 1. The number of amides is 2. The van der Waals surface area contributed by atoms with E-state index in [0.29, 0.717) is 24.6 Å². The molecule has 0 spiro atoms. The van der Waals surface area contributed by atoms with Gasteiger partial charge in [-0.15, -0.1) is 0 Å². The third kappa shape index (κ3) is 3.19. The van der Waals surface area contributed by atoms with Crippen LogP contribution in [-0.2, 0) is 11.3 Å². The third-order valence-electron chi connectivity index (χ3n) is 3.75. The molecule has 1 aromatic heterocycles. The van der Waals surface area contributed by atoms with Gasteiger partial charge in [-0.05, 0) is 31.7 Å². The minimum absolute atomic E-state index is 0.147. The molecule has 1 unspecified atom stereocenters. The summed E-state index contributed by atoms with van der Waals surface area (Å²) >= 11 is 0. The van der Waals surface area contributed by atoms with Gasteiger partial charge in [0.1, 0.15) is 5.76 Å². The normalized spacial score (nSPS) is 19.9. The smallest absolute Gasteiger partial charge is 0.301 e. The molecule has 1 fully saturated rings. The third-order valence-corrected chi connectivity index (χ3v) is 3.75. The van der Waals surface area contributed by atoms with E-state index in [1.54, 1.807) is 17.9 Å². The summed E-state index contributed by atoms with van der Waals surface area (Å²) in [4.78, 5) is 25.3. The van der Waals surface area contributed by atoms with Gasteiger partial charge in [-0.2, -0.15) is 0 Å². The van der Waals surface area contributed by atoms with Crippen LogP contribution in [0.3, 0.4) is 0 Å². The zero-order chi connectivity index (χ0) is 14.7. The van der Waals surface area contributed by atoms with E-state index < -0.39 is 5.91 Å². The van der Waals surface area contributed by atoms with Crippen molar-refractivity contribution in [2.24, 2.45) is 11.8 Å². The number of carbonyl (C=O) groups is 2. The van der Waals surface area contributed by atoms with E-state index in [1.165, 1.54) is 0 Å². The predicted octanol–water partition coefficient (Wildman–Crippen LogP) is 1.34. The minimum Gasteiger partial charge on any atom is -0.454 e. The summed E-state index contributed by atoms with van der Waals surface area (Å²) in [6.07, 6.45) is 2.52. The van der Waals surface area contributed by atoms with Crippen LogP contribution in [0.25, 0.3) is 0 Å². The highest BCUT2D eigenvalue weighted by molar-refractivity contribution is 5.92. The maximum atomic E-state index is 12.0. The fraction of sp³-hybridized carbons (Fsp3) is 0.571. The minimum atomic E-state index is -0.454. The summed E-state index contributed by atoms with van der Waals surface area (Å²) in [6, 6.07) is 1.78. The Morgan fingerprint density at radius 1 is 1.55 bits per heavy atom. The highest BCUT2D eigenvalue weighted by Crippen LogP contribution is 2.21. The summed E-state index contributed by atoms with van der Waals surface area (Å²) in [5.41, 5.74) is 2.77. The molecule has 1 saturated heterocycles. The van der Waals surface area contributed by atoms with Gasteiger partial charge in [-0.1, -0.05) is 6.92 Å². The number of likely N-dealkylation sites (tertiary alicyclic amines) is 1. The van der Waals surface area contributed by atoms with E-state index in [4.69, 9.17) is 10.3 Å². The first-order valence-electron chi connectivity index (χ1n) is 6.89. The number of hydrazine groups is 1. The molecule has 2 amide bonds. The van der Waals surface area contributed by atoms with Crippen molar-refractivity contribution in [1.82, 2.24) is 10.3 Å². The molecule has 0 radical (unpaired) electrons. The molecule has 0 aromatic carbocycles. The number of nitrogens with one attached hydrogen (secondary N) is 1. The van der Waals surface area contributed by atoms with Gasteiger partial charge in [0.25, 0.3) is 0 Å². The molecule has 6 heteroatoms. The number of nitrogen functional groups attached to an aromatic ring is 1. The van der Waals surface area contributed by atoms with Crippen LogP contribution in [-0.4, -0.2) is 23.3 Å². The lowest BCUT2D eigenvalue weighted by atomic mass is 10.0. The van der Waals surface area contributed by atoms with Crippen LogP contribution in [0, 0.1) is 12.8 Å². The van der Waals surface area contributed by atoms with Crippen molar-refractivity contribution in [2.45, 2.75) is 39.7 Å². The first kappa shape index (κ1) is 14.6. The van der Waals surface area contributed by atoms with Crippen molar-refractivity contribution in [3.63, 3.8) is 0 Å². The molecule has 0 bridgehead atoms. The van der Waals surface area contributed by atoms with E-state index in [2.05, 4.69) is 12.3 Å². The van der Waals surface area contributed by atoms with Crippen molar-refractivity contribution in [3.8, 4) is 0 Å². The summed E-state index contributed by atoms with van der Waals surface area (Å²) < 4.78 is 5.50. The van der Waals surface area contributed by atoms with Crippen LogP contribution in [0.1, 0.15) is 48.1 Å². The lowest BCUT2D eigenvalue weighted by molar-refractivity contribution is -0.131. The van der Waals surface area contributed by atoms with E-state index in [-0.39, 0.29) is 11.7 Å². The van der Waals surface area contributed by atoms with E-state index in [0.717, 1.165) is 24.9 Å². The topological polar surface area (TPSA) is 88.6 Å². The summed E-state index contributed by atoms with van der Waals surface area (Å²) in [5, 5.41) is 0. The van der Waals surface area contributed by atoms with Crippen LogP contribution in [0.5, 0.6) is 0 Å². The molecule has 2 rings (SSSR count). The lowest BCUT2D eigenvalue weighted by Gasteiger charge is -2.19. The molecule has 0 saturated carbocycles. The molecular weight excluding hydrogens is 258 g/mol. The quantitative estimate of drug-likeness (QED) is 0.496. The Morgan fingerprint density at radius 3 is 3.00 bits per heavy atom. The molecule has 1 aromatic rings. The number of furan rings is 1. The Hall–Kier alpha value is -1.82. The van der Waals surface area contributed by atoms with Crippen molar-refractivity contribution in [3.05, 3.63) is 23.2 Å². The Kier molecular flexibility index (Phi) is 4.44. The fourth-order valence-electron chi connectivity index (χ4n) is 2.45. The van der Waals surface area contributed by atoms with Gasteiger partial charge >= 0.3 is 5.91 Å². The zero-order valence-electron chi connectivity index (χ0n) is 11.9. The largest absolute Gasteiger partial charge is 0.454 e. The van der Waals surface area contributed by atoms with Gasteiger partial charge in [0.2, 0.25) is 5.91 Å². The summed E-state index contributed by atoms with van der Waals surface area (Å²) in [5.74, 6) is 6.18. The fourth-order valence-corrected chi connectivity index (χ4v) is 2.45. The van der Waals surface area contributed by atoms with Gasteiger partial charge in [-0.25, -0.2) is 5.84 Å². The maximum absolute atomic E-state index is 12.0. The highest BCUT2D eigenvalue weighted by atomic mass is 16.4. The molecule has 6 nitrogen and oxygen atoms in total. The number of hydrogen-bond donors (Lipinski definition) is 2. The Balaban J connectivity index is 2.09. The summed E-state index contributed by atoms with van der Waals surface area (Å²) in [7, 11) is 0. The van der Waals surface area contributed by atoms with Crippen LogP contribution >= 0.6 is 0 Å². The van der Waals surface area contributed by atoms with Gasteiger partial charge in [0.15, 0.2) is 5.76 Å². The number of carbonyl (C=O) groups excluding carboxylic acids is 2. The highest BCUT2D eigenvalue weighted by Gasteiger charge is 2.22. The molecular formula is C14H21N3O3. The number of nitrogens with two attached hydrogens (primary N) is 1. The summed E-state index contributed by atoms with van der Waals surface area (Å²) in [6.45, 7) is 5.09. The zero-order valence-corrected chi connectivity index (χ0v) is 11.9. The molecule has 0 aliphatic carbocycles. The van der Waals surface area contributed by atoms with Crippen molar-refractivity contribution < 1.29 is 14.0 Å². The Bertz CT molecular complexity index is 510. The SMILES string of the molecule is Cc1cc(CN2CCC(C)CCC2=O)oc1C(=O)NN. The van der Waals surface area contributed by atoms with E-state index in [1.807, 2.05) is 0 Å². The molecule has 20 heavy (non-hydrogen) atoms. The molecule has 3 N–H and O–H groups in total. The lowest BCUT2D eigenvalue weighted by Crippen LogP contribution is -2.30. The monoisotopic (exact) mass is 279 g/mol. The number of rotatable bonds is 3. The van der Waals surface area contributed by atoms with Crippen molar-refractivity contribution in [1.29, 1.82) is 0 Å². The molecule has 1 atom stereocenters. The van der Waals surface area contributed by atoms with E-state index >= 15 is 0 Å². The van der Waals surface area contributed by atoms with Gasteiger partial charge in [0, 0.05) is 18.5 Å². The Labute approximate surface area is 118 Å².